The summed E-state index contributed by atoms with van der Waals surface area (Å²) in [5.41, 5.74) is 2.39. The first-order chi connectivity index (χ1) is 21.4. The van der Waals surface area contributed by atoms with Gasteiger partial charge in [-0.25, -0.2) is 8.42 Å². The summed E-state index contributed by atoms with van der Waals surface area (Å²) in [6, 6.07) is 20.0. The molecule has 1 heterocycles. The molecule has 0 aromatic heterocycles. The van der Waals surface area contributed by atoms with Crippen LogP contribution in [0.3, 0.4) is 0 Å². The number of carboxylic acids is 1. The number of halogens is 2. The maximum absolute atomic E-state index is 13.8. The summed E-state index contributed by atoms with van der Waals surface area (Å²) in [5, 5.41) is 14.8. The van der Waals surface area contributed by atoms with Crippen LogP contribution in [0.2, 0.25) is 10.0 Å². The fraction of sp³-hybridized carbons (Fsp3) is 0.323. The fourth-order valence-electron chi connectivity index (χ4n) is 5.08. The van der Waals surface area contributed by atoms with Crippen molar-refractivity contribution >= 4 is 56.7 Å². The van der Waals surface area contributed by atoms with Crippen LogP contribution in [0, 0.1) is 0 Å². The molecule has 1 unspecified atom stereocenters. The summed E-state index contributed by atoms with van der Waals surface area (Å²) in [6.45, 7) is 1.83. The van der Waals surface area contributed by atoms with E-state index in [1.807, 2.05) is 48.5 Å². The summed E-state index contributed by atoms with van der Waals surface area (Å²) in [5.74, 6) is -2.70. The van der Waals surface area contributed by atoms with Crippen molar-refractivity contribution in [2.45, 2.75) is 31.5 Å². The number of sulfonamides is 1. The zero-order valence-corrected chi connectivity index (χ0v) is 27.0. The predicted octanol–water partition coefficient (Wildman–Crippen LogP) is 3.71. The number of likely N-dealkylation sites (tertiary alicyclic amines) is 1. The smallest absolute Gasteiger partial charge is 0.325 e. The van der Waals surface area contributed by atoms with Gasteiger partial charge in [0.2, 0.25) is 21.8 Å². The Hall–Kier alpha value is -3.84. The van der Waals surface area contributed by atoms with E-state index in [9.17, 15) is 22.8 Å². The van der Waals surface area contributed by atoms with E-state index >= 15 is 0 Å². The topological polar surface area (TPSA) is 145 Å². The first-order valence-corrected chi connectivity index (χ1v) is 16.4. The van der Waals surface area contributed by atoms with Crippen LogP contribution in [0.4, 0.5) is 5.69 Å². The molecule has 0 bridgehead atoms. The first-order valence-electron chi connectivity index (χ1n) is 14.1. The van der Waals surface area contributed by atoms with E-state index in [1.54, 1.807) is 24.3 Å². The molecule has 45 heavy (non-hydrogen) atoms. The second kappa shape index (κ2) is 15.0. The monoisotopic (exact) mass is 676 g/mol. The van der Waals surface area contributed by atoms with Gasteiger partial charge in [0.25, 0.3) is 0 Å². The number of anilines is 1. The van der Waals surface area contributed by atoms with Crippen molar-refractivity contribution in [3.63, 3.8) is 0 Å². The quantitative estimate of drug-likeness (QED) is 0.219. The van der Waals surface area contributed by atoms with Gasteiger partial charge in [-0.2, -0.15) is 0 Å². The SMILES string of the molecule is COc1cccc(N(C2CN(C(c3ccc(Cl)cc3)c3ccc(Cl)cc3)C2)S(=O)(=O)CCNC(=O)CC(=O)NC(C)C(=O)O)c1. The molecule has 1 atom stereocenters. The van der Waals surface area contributed by atoms with E-state index in [-0.39, 0.29) is 12.6 Å². The van der Waals surface area contributed by atoms with E-state index in [1.165, 1.54) is 18.3 Å². The number of benzene rings is 3. The summed E-state index contributed by atoms with van der Waals surface area (Å²) in [7, 11) is -2.49. The highest BCUT2D eigenvalue weighted by Gasteiger charge is 2.42. The van der Waals surface area contributed by atoms with Crippen LogP contribution >= 0.6 is 23.2 Å². The van der Waals surface area contributed by atoms with Gasteiger partial charge in [0, 0.05) is 35.7 Å². The maximum atomic E-state index is 13.8. The summed E-state index contributed by atoms with van der Waals surface area (Å²) in [6.07, 6.45) is -0.633. The third kappa shape index (κ3) is 8.88. The number of hydrogen-bond donors (Lipinski definition) is 3. The molecule has 0 saturated carbocycles. The lowest BCUT2D eigenvalue weighted by Gasteiger charge is -2.49. The maximum Gasteiger partial charge on any atom is 0.325 e. The van der Waals surface area contributed by atoms with Gasteiger partial charge >= 0.3 is 5.97 Å². The lowest BCUT2D eigenvalue weighted by molar-refractivity contribution is -0.142. The van der Waals surface area contributed by atoms with E-state index in [2.05, 4.69) is 15.5 Å². The van der Waals surface area contributed by atoms with Gasteiger partial charge < -0.3 is 20.5 Å². The van der Waals surface area contributed by atoms with Crippen LogP contribution in [0.15, 0.2) is 72.8 Å². The van der Waals surface area contributed by atoms with Gasteiger partial charge in [0.15, 0.2) is 0 Å². The summed E-state index contributed by atoms with van der Waals surface area (Å²) in [4.78, 5) is 37.3. The van der Waals surface area contributed by atoms with Gasteiger partial charge in [-0.1, -0.05) is 53.5 Å². The number of rotatable bonds is 14. The second-order valence-corrected chi connectivity index (χ2v) is 13.4. The number of methoxy groups -OCH3 is 1. The Kier molecular flexibility index (Phi) is 11.3. The lowest BCUT2D eigenvalue weighted by Crippen LogP contribution is -2.62. The van der Waals surface area contributed by atoms with Crippen molar-refractivity contribution in [3.8, 4) is 5.75 Å². The summed E-state index contributed by atoms with van der Waals surface area (Å²) >= 11 is 12.3. The van der Waals surface area contributed by atoms with Crippen molar-refractivity contribution in [1.29, 1.82) is 0 Å². The third-order valence-corrected chi connectivity index (χ3v) is 9.65. The Balaban J connectivity index is 1.51. The number of carbonyl (C=O) groups excluding carboxylic acids is 2. The standard InChI is InChI=1S/C31H34Cl2N4O7S/c1-20(31(40)41)35-29(39)17-28(38)34-14-15-45(42,43)37(25-4-3-5-27(16-25)44-2)26-18-36(19-26)30(21-6-10-23(32)11-7-21)22-8-12-24(33)13-9-22/h3-13,16,20,26,30H,14-15,17-19H2,1-2H3,(H,34,38)(H,35,39)(H,40,41). The van der Waals surface area contributed by atoms with E-state index in [0.717, 1.165) is 11.1 Å². The third-order valence-electron chi connectivity index (χ3n) is 7.32. The van der Waals surface area contributed by atoms with Gasteiger partial charge in [-0.05, 0) is 54.4 Å². The van der Waals surface area contributed by atoms with Gasteiger partial charge in [-0.15, -0.1) is 0 Å². The number of ether oxygens (including phenoxy) is 1. The minimum atomic E-state index is -3.98. The molecule has 1 fully saturated rings. The van der Waals surface area contributed by atoms with Crippen LogP contribution < -0.4 is 19.7 Å². The van der Waals surface area contributed by atoms with E-state index in [0.29, 0.717) is 34.6 Å². The van der Waals surface area contributed by atoms with Crippen molar-refractivity contribution < 1.29 is 32.6 Å². The molecule has 2 amide bonds. The van der Waals surface area contributed by atoms with Crippen molar-refractivity contribution in [1.82, 2.24) is 15.5 Å². The largest absolute Gasteiger partial charge is 0.497 e. The Labute approximate surface area is 272 Å². The molecular weight excluding hydrogens is 643 g/mol. The molecule has 0 spiro atoms. The molecule has 3 N–H and O–H groups in total. The number of nitrogens with zero attached hydrogens (tertiary/aromatic N) is 2. The normalized spacial score (nSPS) is 14.3. The Morgan fingerprint density at radius 3 is 2.09 bits per heavy atom. The molecule has 11 nitrogen and oxygen atoms in total. The second-order valence-electron chi connectivity index (χ2n) is 10.6. The van der Waals surface area contributed by atoms with E-state index in [4.69, 9.17) is 33.0 Å². The molecule has 1 saturated heterocycles. The molecule has 1 aliphatic heterocycles. The Morgan fingerprint density at radius 1 is 0.978 bits per heavy atom. The number of hydrogen-bond acceptors (Lipinski definition) is 7. The lowest BCUT2D eigenvalue weighted by atomic mass is 9.93. The molecule has 0 aliphatic carbocycles. The van der Waals surface area contributed by atoms with Gasteiger partial charge in [0.1, 0.15) is 18.2 Å². The zero-order chi connectivity index (χ0) is 32.7. The highest BCUT2D eigenvalue weighted by atomic mass is 35.5. The fourth-order valence-corrected chi connectivity index (χ4v) is 6.91. The van der Waals surface area contributed by atoms with Crippen LogP contribution in [-0.4, -0.2) is 80.8 Å². The van der Waals surface area contributed by atoms with E-state index < -0.39 is 52.1 Å². The van der Waals surface area contributed by atoms with Crippen molar-refractivity contribution in [2.75, 3.05) is 36.8 Å². The average molecular weight is 678 g/mol. The molecule has 240 valence electrons. The van der Waals surface area contributed by atoms with Crippen LogP contribution in [0.5, 0.6) is 5.75 Å². The Morgan fingerprint density at radius 2 is 1.56 bits per heavy atom. The number of aliphatic carboxylic acids is 1. The molecular formula is C31H34Cl2N4O7S. The number of amides is 2. The first kappa shape index (κ1) is 34.0. The van der Waals surface area contributed by atoms with Crippen molar-refractivity contribution in [3.05, 3.63) is 94.0 Å². The van der Waals surface area contributed by atoms with Gasteiger partial charge in [0.05, 0.1) is 30.6 Å². The summed E-state index contributed by atoms with van der Waals surface area (Å²) < 4.78 is 34.4. The predicted molar refractivity (Wildman–Crippen MR) is 172 cm³/mol. The highest BCUT2D eigenvalue weighted by molar-refractivity contribution is 7.92. The molecule has 14 heteroatoms. The number of carboxylic acid groups (broad SMARTS) is 1. The molecule has 3 aromatic carbocycles. The highest BCUT2D eigenvalue weighted by Crippen LogP contribution is 2.37. The average Bonchev–Trinajstić information content (AvgIpc) is 2.97. The molecule has 4 rings (SSSR count). The molecule has 1 aliphatic rings. The van der Waals surface area contributed by atoms with Crippen molar-refractivity contribution in [2.24, 2.45) is 0 Å². The number of nitrogens with one attached hydrogen (secondary N) is 2. The number of carbonyl (C=O) groups is 3. The zero-order valence-electron chi connectivity index (χ0n) is 24.7. The Bertz CT molecular complexity index is 1570. The minimum Gasteiger partial charge on any atom is -0.497 e. The minimum absolute atomic E-state index is 0.181. The molecule has 3 aromatic rings. The van der Waals surface area contributed by atoms with Gasteiger partial charge in [-0.3, -0.25) is 23.6 Å². The van der Waals surface area contributed by atoms with Crippen LogP contribution in [0.25, 0.3) is 0 Å². The van der Waals surface area contributed by atoms with Crippen LogP contribution in [-0.2, 0) is 24.4 Å². The molecule has 0 radical (unpaired) electrons. The van der Waals surface area contributed by atoms with Crippen LogP contribution in [0.1, 0.15) is 30.5 Å².